The van der Waals surface area contributed by atoms with Crippen LogP contribution < -0.4 is 5.32 Å². The van der Waals surface area contributed by atoms with Gasteiger partial charge in [-0.25, -0.2) is 0 Å². The van der Waals surface area contributed by atoms with Gasteiger partial charge < -0.3 is 19.6 Å². The van der Waals surface area contributed by atoms with Crippen LogP contribution in [0.2, 0.25) is 0 Å². The van der Waals surface area contributed by atoms with Crippen LogP contribution in [0, 0.1) is 0 Å². The Balaban J connectivity index is 1.77. The summed E-state index contributed by atoms with van der Waals surface area (Å²) in [6, 6.07) is 11.2. The molecule has 0 bridgehead atoms. The van der Waals surface area contributed by atoms with Crippen LogP contribution in [0.5, 0.6) is 0 Å². The molecule has 0 spiro atoms. The number of ether oxygens (including phenoxy) is 1. The van der Waals surface area contributed by atoms with Crippen molar-refractivity contribution in [3.63, 3.8) is 0 Å². The lowest BCUT2D eigenvalue weighted by Crippen LogP contribution is -2.36. The zero-order valence-corrected chi connectivity index (χ0v) is 13.1. The van der Waals surface area contributed by atoms with Gasteiger partial charge in [-0.2, -0.15) is 0 Å². The van der Waals surface area contributed by atoms with E-state index in [1.807, 2.05) is 37.3 Å². The minimum atomic E-state index is -1.13. The van der Waals surface area contributed by atoms with Crippen LogP contribution in [0.4, 0.5) is 0 Å². The van der Waals surface area contributed by atoms with E-state index < -0.39 is 5.60 Å². The summed E-state index contributed by atoms with van der Waals surface area (Å²) in [7, 11) is 0. The third-order valence-electron chi connectivity index (χ3n) is 4.30. The van der Waals surface area contributed by atoms with Crippen molar-refractivity contribution < 1.29 is 19.1 Å². The van der Waals surface area contributed by atoms with Crippen molar-refractivity contribution >= 4 is 5.91 Å². The summed E-state index contributed by atoms with van der Waals surface area (Å²) in [6.07, 6.45) is 2.30. The minimum absolute atomic E-state index is 0.129. The van der Waals surface area contributed by atoms with Gasteiger partial charge in [0.15, 0.2) is 0 Å². The summed E-state index contributed by atoms with van der Waals surface area (Å²) in [5, 5.41) is 13.7. The first-order chi connectivity index (χ1) is 11.1. The standard InChI is InChI=1S/C18H21NO4/c1-13(14-5-3-2-4-6-14)19-17(20)15-7-10-23-16(15)18(21)8-11-22-12-9-18/h2-7,10,13,21H,8-9,11-12H2,1H3,(H,19,20). The third kappa shape index (κ3) is 3.30. The number of amides is 1. The minimum Gasteiger partial charge on any atom is -0.465 e. The molecule has 2 aromatic rings. The van der Waals surface area contributed by atoms with Gasteiger partial charge >= 0.3 is 0 Å². The normalized spacial score (nSPS) is 18.3. The van der Waals surface area contributed by atoms with E-state index in [1.165, 1.54) is 6.26 Å². The molecule has 1 aromatic heterocycles. The Labute approximate surface area is 135 Å². The monoisotopic (exact) mass is 315 g/mol. The molecule has 1 fully saturated rings. The third-order valence-corrected chi connectivity index (χ3v) is 4.30. The predicted octanol–water partition coefficient (Wildman–Crippen LogP) is 2.77. The highest BCUT2D eigenvalue weighted by Crippen LogP contribution is 2.34. The van der Waals surface area contributed by atoms with Crippen molar-refractivity contribution in [3.8, 4) is 0 Å². The van der Waals surface area contributed by atoms with Gasteiger partial charge in [0.1, 0.15) is 11.4 Å². The second-order valence-corrected chi connectivity index (χ2v) is 5.91. The van der Waals surface area contributed by atoms with Crippen LogP contribution in [0.25, 0.3) is 0 Å². The Hall–Kier alpha value is -2.11. The molecule has 0 saturated carbocycles. The van der Waals surface area contributed by atoms with Crippen LogP contribution in [-0.4, -0.2) is 24.2 Å². The Kier molecular flexibility index (Phi) is 4.50. The van der Waals surface area contributed by atoms with E-state index in [2.05, 4.69) is 5.32 Å². The molecule has 1 atom stereocenters. The van der Waals surface area contributed by atoms with Crippen molar-refractivity contribution in [3.05, 3.63) is 59.5 Å². The van der Waals surface area contributed by atoms with Crippen LogP contribution in [0.1, 0.15) is 47.5 Å². The van der Waals surface area contributed by atoms with Crippen LogP contribution in [-0.2, 0) is 10.3 Å². The number of hydrogen-bond acceptors (Lipinski definition) is 4. The Bertz CT molecular complexity index is 659. The molecular formula is C18H21NO4. The van der Waals surface area contributed by atoms with E-state index >= 15 is 0 Å². The summed E-state index contributed by atoms with van der Waals surface area (Å²) < 4.78 is 10.7. The summed E-state index contributed by atoms with van der Waals surface area (Å²) >= 11 is 0. The van der Waals surface area contributed by atoms with E-state index in [-0.39, 0.29) is 11.9 Å². The molecule has 1 aromatic carbocycles. The summed E-state index contributed by atoms with van der Waals surface area (Å²) in [6.45, 7) is 2.84. The van der Waals surface area contributed by atoms with Gasteiger partial charge in [-0.1, -0.05) is 30.3 Å². The maximum absolute atomic E-state index is 12.6. The molecule has 1 amide bonds. The van der Waals surface area contributed by atoms with E-state index in [0.717, 1.165) is 5.56 Å². The largest absolute Gasteiger partial charge is 0.465 e. The Morgan fingerprint density at radius 2 is 1.91 bits per heavy atom. The summed E-state index contributed by atoms with van der Waals surface area (Å²) in [4.78, 5) is 12.6. The van der Waals surface area contributed by atoms with Gasteiger partial charge in [-0.05, 0) is 18.6 Å². The summed E-state index contributed by atoms with van der Waals surface area (Å²) in [5.41, 5.74) is 0.276. The first-order valence-electron chi connectivity index (χ1n) is 7.84. The smallest absolute Gasteiger partial charge is 0.255 e. The fourth-order valence-electron chi connectivity index (χ4n) is 2.88. The highest BCUT2D eigenvalue weighted by molar-refractivity contribution is 5.95. The van der Waals surface area contributed by atoms with Crippen molar-refractivity contribution in [2.75, 3.05) is 13.2 Å². The van der Waals surface area contributed by atoms with Crippen molar-refractivity contribution in [1.29, 1.82) is 0 Å². The predicted molar refractivity (Wildman–Crippen MR) is 85.0 cm³/mol. The number of rotatable bonds is 4. The number of carbonyl (C=O) groups is 1. The highest BCUT2D eigenvalue weighted by atomic mass is 16.5. The number of aliphatic hydroxyl groups is 1. The van der Waals surface area contributed by atoms with Gasteiger partial charge in [0.25, 0.3) is 5.91 Å². The quantitative estimate of drug-likeness (QED) is 0.910. The van der Waals surface area contributed by atoms with Crippen LogP contribution in [0.3, 0.4) is 0 Å². The van der Waals surface area contributed by atoms with E-state index in [0.29, 0.717) is 37.4 Å². The molecular weight excluding hydrogens is 294 g/mol. The second-order valence-electron chi connectivity index (χ2n) is 5.91. The molecule has 23 heavy (non-hydrogen) atoms. The van der Waals surface area contributed by atoms with E-state index in [1.54, 1.807) is 6.07 Å². The molecule has 5 heteroatoms. The second kappa shape index (κ2) is 6.56. The lowest BCUT2D eigenvalue weighted by molar-refractivity contribution is -0.0804. The maximum atomic E-state index is 12.6. The first-order valence-corrected chi connectivity index (χ1v) is 7.84. The zero-order chi connectivity index (χ0) is 16.3. The fraction of sp³-hybridized carbons (Fsp3) is 0.389. The topological polar surface area (TPSA) is 71.7 Å². The molecule has 1 aliphatic heterocycles. The van der Waals surface area contributed by atoms with Gasteiger partial charge in [-0.3, -0.25) is 4.79 Å². The fourth-order valence-corrected chi connectivity index (χ4v) is 2.88. The molecule has 0 radical (unpaired) electrons. The van der Waals surface area contributed by atoms with E-state index in [4.69, 9.17) is 9.15 Å². The molecule has 5 nitrogen and oxygen atoms in total. The highest BCUT2D eigenvalue weighted by Gasteiger charge is 2.38. The molecule has 2 N–H and O–H groups in total. The Morgan fingerprint density at radius 3 is 2.61 bits per heavy atom. The molecule has 122 valence electrons. The summed E-state index contributed by atoms with van der Waals surface area (Å²) in [5.74, 6) is 0.0866. The lowest BCUT2D eigenvalue weighted by atomic mass is 9.89. The van der Waals surface area contributed by atoms with E-state index in [9.17, 15) is 9.90 Å². The lowest BCUT2D eigenvalue weighted by Gasteiger charge is -2.30. The number of carbonyl (C=O) groups excluding carboxylic acids is 1. The zero-order valence-electron chi connectivity index (χ0n) is 13.1. The molecule has 1 unspecified atom stereocenters. The SMILES string of the molecule is CC(NC(=O)c1ccoc1C1(O)CCOCC1)c1ccccc1. The van der Waals surface area contributed by atoms with Crippen LogP contribution in [0.15, 0.2) is 47.1 Å². The molecule has 2 heterocycles. The van der Waals surface area contributed by atoms with Crippen molar-refractivity contribution in [2.45, 2.75) is 31.4 Å². The molecule has 3 rings (SSSR count). The molecule has 1 aliphatic rings. The van der Waals surface area contributed by atoms with Crippen LogP contribution >= 0.6 is 0 Å². The first kappa shape index (κ1) is 15.8. The number of nitrogens with one attached hydrogen (secondary N) is 1. The average molecular weight is 315 g/mol. The number of furan rings is 1. The molecule has 1 saturated heterocycles. The van der Waals surface area contributed by atoms with Gasteiger partial charge in [0.05, 0.1) is 17.9 Å². The Morgan fingerprint density at radius 1 is 1.22 bits per heavy atom. The van der Waals surface area contributed by atoms with Crippen molar-refractivity contribution in [1.82, 2.24) is 5.32 Å². The molecule has 0 aliphatic carbocycles. The maximum Gasteiger partial charge on any atom is 0.255 e. The number of hydrogen-bond donors (Lipinski definition) is 2. The van der Waals surface area contributed by atoms with Gasteiger partial charge in [-0.15, -0.1) is 0 Å². The van der Waals surface area contributed by atoms with Crippen molar-refractivity contribution in [2.24, 2.45) is 0 Å². The van der Waals surface area contributed by atoms with Gasteiger partial charge in [0.2, 0.25) is 0 Å². The average Bonchev–Trinajstić information content (AvgIpc) is 3.07. The number of benzene rings is 1. The van der Waals surface area contributed by atoms with Gasteiger partial charge in [0, 0.05) is 26.1 Å².